The summed E-state index contributed by atoms with van der Waals surface area (Å²) in [6.07, 6.45) is 0. The molecule has 0 atom stereocenters. The fourth-order valence-corrected chi connectivity index (χ4v) is 0.404. The van der Waals surface area contributed by atoms with Gasteiger partial charge < -0.3 is 5.32 Å². The summed E-state index contributed by atoms with van der Waals surface area (Å²) in [4.78, 5) is 0. The second kappa shape index (κ2) is 4.40. The summed E-state index contributed by atoms with van der Waals surface area (Å²) < 4.78 is 0. The molecule has 0 saturated heterocycles. The summed E-state index contributed by atoms with van der Waals surface area (Å²) in [7, 11) is 1.76. The van der Waals surface area contributed by atoms with Crippen LogP contribution in [0, 0.1) is 5.41 Å². The molecule has 0 amide bonds. The summed E-state index contributed by atoms with van der Waals surface area (Å²) in [6, 6.07) is 0. The lowest BCUT2D eigenvalue weighted by Gasteiger charge is -2.17. The number of thiocarbonyl (C=S) groups is 1. The van der Waals surface area contributed by atoms with Crippen LogP contribution in [0.2, 0.25) is 0 Å². The molecule has 0 spiro atoms. The van der Waals surface area contributed by atoms with Crippen molar-refractivity contribution in [3.05, 3.63) is 0 Å². The molecule has 0 aromatic carbocycles. The van der Waals surface area contributed by atoms with Crippen molar-refractivity contribution in [3.8, 4) is 0 Å². The fraction of sp³-hybridized carbons (Fsp3) is 0.750. The summed E-state index contributed by atoms with van der Waals surface area (Å²) in [5.41, 5.74) is 3.87. The highest BCUT2D eigenvalue weighted by molar-refractivity contribution is 7.80. The van der Waals surface area contributed by atoms with E-state index in [0.717, 1.165) is 5.71 Å². The SMILES string of the molecule is CNC(=S)N/N=C(\C)C(C)(C)C. The molecule has 0 aliphatic rings. The van der Waals surface area contributed by atoms with E-state index in [1.807, 2.05) is 6.92 Å². The molecular formula is C8H17N3S. The minimum absolute atomic E-state index is 0.0936. The Bertz CT molecular complexity index is 191. The molecule has 2 N–H and O–H groups in total. The van der Waals surface area contributed by atoms with E-state index in [2.05, 4.69) is 36.6 Å². The van der Waals surface area contributed by atoms with Gasteiger partial charge in [0, 0.05) is 18.2 Å². The molecule has 0 saturated carbocycles. The molecule has 0 bridgehead atoms. The van der Waals surface area contributed by atoms with Gasteiger partial charge in [0.25, 0.3) is 0 Å². The number of hydrazone groups is 1. The van der Waals surface area contributed by atoms with E-state index in [1.165, 1.54) is 0 Å². The lowest BCUT2D eigenvalue weighted by Crippen LogP contribution is -2.31. The van der Waals surface area contributed by atoms with E-state index in [1.54, 1.807) is 7.05 Å². The van der Waals surface area contributed by atoms with Crippen molar-refractivity contribution in [2.24, 2.45) is 10.5 Å². The lowest BCUT2D eigenvalue weighted by atomic mass is 9.91. The van der Waals surface area contributed by atoms with Crippen LogP contribution in [0.3, 0.4) is 0 Å². The molecule has 0 aliphatic heterocycles. The molecule has 4 heteroatoms. The van der Waals surface area contributed by atoms with Crippen LogP contribution < -0.4 is 10.7 Å². The maximum atomic E-state index is 4.87. The normalized spacial score (nSPS) is 12.6. The largest absolute Gasteiger partial charge is 0.364 e. The van der Waals surface area contributed by atoms with Crippen LogP contribution in [0.4, 0.5) is 0 Å². The van der Waals surface area contributed by atoms with Crippen LogP contribution in [0.1, 0.15) is 27.7 Å². The van der Waals surface area contributed by atoms with E-state index in [9.17, 15) is 0 Å². The molecular weight excluding hydrogens is 170 g/mol. The first kappa shape index (κ1) is 11.4. The molecule has 0 radical (unpaired) electrons. The number of hydrogen-bond donors (Lipinski definition) is 2. The van der Waals surface area contributed by atoms with Crippen LogP contribution >= 0.6 is 12.2 Å². The van der Waals surface area contributed by atoms with Gasteiger partial charge in [-0.1, -0.05) is 20.8 Å². The van der Waals surface area contributed by atoms with Crippen LogP contribution in [0.25, 0.3) is 0 Å². The first-order chi connectivity index (χ1) is 5.38. The van der Waals surface area contributed by atoms with E-state index >= 15 is 0 Å². The number of rotatable bonds is 1. The van der Waals surface area contributed by atoms with Crippen molar-refractivity contribution in [1.29, 1.82) is 0 Å². The highest BCUT2D eigenvalue weighted by Crippen LogP contribution is 2.14. The third kappa shape index (κ3) is 4.28. The summed E-state index contributed by atoms with van der Waals surface area (Å²) in [5, 5.41) is 7.45. The monoisotopic (exact) mass is 187 g/mol. The Hall–Kier alpha value is -0.640. The van der Waals surface area contributed by atoms with E-state index in [-0.39, 0.29) is 5.41 Å². The molecule has 70 valence electrons. The third-order valence-electron chi connectivity index (χ3n) is 1.64. The highest BCUT2D eigenvalue weighted by atomic mass is 32.1. The third-order valence-corrected chi connectivity index (χ3v) is 1.93. The van der Waals surface area contributed by atoms with Crippen molar-refractivity contribution in [3.63, 3.8) is 0 Å². The maximum Gasteiger partial charge on any atom is 0.186 e. The number of hydrogen-bond acceptors (Lipinski definition) is 2. The second-order valence-electron chi connectivity index (χ2n) is 3.64. The first-order valence-electron chi connectivity index (χ1n) is 3.90. The van der Waals surface area contributed by atoms with Gasteiger partial charge in [-0.25, -0.2) is 0 Å². The molecule has 0 fully saturated rings. The van der Waals surface area contributed by atoms with Crippen molar-refractivity contribution in [2.75, 3.05) is 7.05 Å². The standard InChI is InChI=1S/C8H17N3S/c1-6(8(2,3)4)10-11-7(12)9-5/h1-5H3,(H2,9,11,12)/b10-6+. The molecule has 12 heavy (non-hydrogen) atoms. The molecule has 0 aliphatic carbocycles. The lowest BCUT2D eigenvalue weighted by molar-refractivity contribution is 0.583. The molecule has 3 nitrogen and oxygen atoms in total. The highest BCUT2D eigenvalue weighted by Gasteiger charge is 2.13. The van der Waals surface area contributed by atoms with Crippen LogP contribution in [-0.2, 0) is 0 Å². The van der Waals surface area contributed by atoms with Crippen LogP contribution in [-0.4, -0.2) is 17.9 Å². The van der Waals surface area contributed by atoms with Crippen molar-refractivity contribution >= 4 is 23.0 Å². The van der Waals surface area contributed by atoms with Gasteiger partial charge in [0.15, 0.2) is 5.11 Å². The number of nitrogens with one attached hydrogen (secondary N) is 2. The topological polar surface area (TPSA) is 36.4 Å². The zero-order valence-corrected chi connectivity index (χ0v) is 9.17. The van der Waals surface area contributed by atoms with E-state index < -0.39 is 0 Å². The van der Waals surface area contributed by atoms with Gasteiger partial charge in [0.05, 0.1) is 0 Å². The molecule has 0 aromatic rings. The zero-order chi connectivity index (χ0) is 9.78. The molecule has 0 unspecified atom stereocenters. The van der Waals surface area contributed by atoms with E-state index in [4.69, 9.17) is 12.2 Å². The predicted molar refractivity (Wildman–Crippen MR) is 57.4 cm³/mol. The second-order valence-corrected chi connectivity index (χ2v) is 4.05. The summed E-state index contributed by atoms with van der Waals surface area (Å²) >= 11 is 4.87. The van der Waals surface area contributed by atoms with Gasteiger partial charge >= 0.3 is 0 Å². The van der Waals surface area contributed by atoms with Crippen LogP contribution in [0.15, 0.2) is 5.10 Å². The Morgan fingerprint density at radius 3 is 2.17 bits per heavy atom. The van der Waals surface area contributed by atoms with Crippen molar-refractivity contribution < 1.29 is 0 Å². The van der Waals surface area contributed by atoms with Crippen LogP contribution in [0.5, 0.6) is 0 Å². The minimum Gasteiger partial charge on any atom is -0.364 e. The summed E-state index contributed by atoms with van der Waals surface area (Å²) in [6.45, 7) is 8.30. The predicted octanol–water partition coefficient (Wildman–Crippen LogP) is 1.50. The van der Waals surface area contributed by atoms with Crippen molar-refractivity contribution in [2.45, 2.75) is 27.7 Å². The number of nitrogens with zero attached hydrogens (tertiary/aromatic N) is 1. The first-order valence-corrected chi connectivity index (χ1v) is 4.31. The molecule has 0 heterocycles. The molecule has 0 rings (SSSR count). The minimum atomic E-state index is 0.0936. The van der Waals surface area contributed by atoms with Gasteiger partial charge in [0.1, 0.15) is 0 Å². The Morgan fingerprint density at radius 1 is 1.33 bits per heavy atom. The summed E-state index contributed by atoms with van der Waals surface area (Å²) in [5.74, 6) is 0. The smallest absolute Gasteiger partial charge is 0.186 e. The van der Waals surface area contributed by atoms with Crippen molar-refractivity contribution in [1.82, 2.24) is 10.7 Å². The van der Waals surface area contributed by atoms with Gasteiger partial charge in [-0.3, -0.25) is 5.43 Å². The van der Waals surface area contributed by atoms with Gasteiger partial charge in [0.2, 0.25) is 0 Å². The van der Waals surface area contributed by atoms with Gasteiger partial charge in [-0.05, 0) is 19.1 Å². The average molecular weight is 187 g/mol. The van der Waals surface area contributed by atoms with Gasteiger partial charge in [-0.15, -0.1) is 0 Å². The Balaban J connectivity index is 4.11. The zero-order valence-electron chi connectivity index (χ0n) is 8.36. The average Bonchev–Trinajstić information content (AvgIpc) is 1.97. The maximum absolute atomic E-state index is 4.87. The molecule has 0 aromatic heterocycles. The Labute approximate surface area is 79.6 Å². The van der Waals surface area contributed by atoms with E-state index in [0.29, 0.717) is 5.11 Å². The fourth-order valence-electron chi connectivity index (χ4n) is 0.358. The Morgan fingerprint density at radius 2 is 1.83 bits per heavy atom. The Kier molecular flexibility index (Phi) is 4.17. The van der Waals surface area contributed by atoms with Gasteiger partial charge in [-0.2, -0.15) is 5.10 Å². The quantitative estimate of drug-likeness (QED) is 0.371.